The quantitative estimate of drug-likeness (QED) is 0.492. The molecule has 0 heterocycles. The van der Waals surface area contributed by atoms with Crippen LogP contribution in [0.15, 0.2) is 0 Å². The average molecular weight is 432 g/mol. The highest BCUT2D eigenvalue weighted by molar-refractivity contribution is 5.93. The Hall–Kier alpha value is -2.36. The minimum absolute atomic E-state index is 0.167. The summed E-state index contributed by atoms with van der Waals surface area (Å²) in [6.07, 6.45) is -1.38. The van der Waals surface area contributed by atoms with Crippen molar-refractivity contribution in [2.45, 2.75) is 97.6 Å². The van der Waals surface area contributed by atoms with Gasteiger partial charge in [0.1, 0.15) is 17.2 Å². The molecule has 2 atom stereocenters. The van der Waals surface area contributed by atoms with Gasteiger partial charge >= 0.3 is 12.1 Å². The summed E-state index contributed by atoms with van der Waals surface area (Å²) in [6.45, 7) is 15.2. The fourth-order valence-electron chi connectivity index (χ4n) is 2.01. The number of hydrogen-bond donors (Lipinski definition) is 3. The lowest BCUT2D eigenvalue weighted by Crippen LogP contribution is -2.55. The molecule has 0 rings (SSSR count). The van der Waals surface area contributed by atoms with Crippen molar-refractivity contribution in [3.05, 3.63) is 0 Å². The summed E-state index contributed by atoms with van der Waals surface area (Å²) in [6, 6.07) is -2.50. The summed E-state index contributed by atoms with van der Waals surface area (Å²) in [5.74, 6) is -2.32. The van der Waals surface area contributed by atoms with Crippen LogP contribution in [0.5, 0.6) is 0 Å². The van der Waals surface area contributed by atoms with Gasteiger partial charge in [-0.05, 0) is 62.3 Å². The van der Waals surface area contributed by atoms with Crippen LogP contribution >= 0.6 is 0 Å². The lowest BCUT2D eigenvalue weighted by atomic mass is 10.1. The molecule has 0 aliphatic carbocycles. The topological polar surface area (TPSA) is 146 Å². The largest absolute Gasteiger partial charge is 0.458 e. The van der Waals surface area contributed by atoms with E-state index in [1.165, 1.54) is 0 Å². The molecule has 3 amide bonds. The van der Waals surface area contributed by atoms with Crippen molar-refractivity contribution >= 4 is 23.9 Å². The van der Waals surface area contributed by atoms with Gasteiger partial charge in [-0.15, -0.1) is 0 Å². The monoisotopic (exact) mass is 431 g/mol. The van der Waals surface area contributed by atoms with Gasteiger partial charge in [0, 0.05) is 0 Å². The maximum atomic E-state index is 12.7. The summed E-state index contributed by atoms with van der Waals surface area (Å²) in [4.78, 5) is 48.7. The SMILES string of the molecule is CC(C)(C)OC[C@H](NC(=O)[C@@H](CC(N)=O)NC(=O)OC(C)(C)C)C(=O)OC(C)(C)C. The molecule has 4 N–H and O–H groups in total. The Morgan fingerprint density at radius 2 is 1.27 bits per heavy atom. The van der Waals surface area contributed by atoms with Gasteiger partial charge in [-0.3, -0.25) is 9.59 Å². The van der Waals surface area contributed by atoms with Gasteiger partial charge in [-0.25, -0.2) is 9.59 Å². The van der Waals surface area contributed by atoms with Crippen LogP contribution in [-0.2, 0) is 28.6 Å². The number of primary amides is 1. The Morgan fingerprint density at radius 3 is 1.67 bits per heavy atom. The minimum Gasteiger partial charge on any atom is -0.458 e. The summed E-state index contributed by atoms with van der Waals surface area (Å²) < 4.78 is 16.1. The van der Waals surface area contributed by atoms with E-state index in [1.54, 1.807) is 62.3 Å². The standard InChI is InChI=1S/C20H37N3O7/c1-18(2,3)28-11-13(16(26)29-19(4,5)6)22-15(25)12(10-14(21)24)23-17(27)30-20(7,8)9/h12-13H,10-11H2,1-9H3,(H2,21,24)(H,22,25)(H,23,27)/t12-,13+/m1/s1. The molecule has 0 aliphatic rings. The third-order valence-corrected chi connectivity index (χ3v) is 3.10. The van der Waals surface area contributed by atoms with Crippen molar-refractivity contribution < 1.29 is 33.4 Å². The Bertz CT molecular complexity index is 628. The van der Waals surface area contributed by atoms with Gasteiger partial charge < -0.3 is 30.6 Å². The molecule has 10 heteroatoms. The van der Waals surface area contributed by atoms with Gasteiger partial charge in [0.05, 0.1) is 18.6 Å². The number of alkyl carbamates (subject to hydrolysis) is 1. The third-order valence-electron chi connectivity index (χ3n) is 3.10. The Labute approximate surface area is 178 Å². The number of carbonyl (C=O) groups is 4. The molecule has 0 aliphatic heterocycles. The van der Waals surface area contributed by atoms with Crippen molar-refractivity contribution in [3.8, 4) is 0 Å². The molecule has 0 saturated carbocycles. The van der Waals surface area contributed by atoms with E-state index in [9.17, 15) is 19.2 Å². The maximum Gasteiger partial charge on any atom is 0.408 e. The van der Waals surface area contributed by atoms with E-state index >= 15 is 0 Å². The molecule has 30 heavy (non-hydrogen) atoms. The van der Waals surface area contributed by atoms with E-state index in [2.05, 4.69) is 10.6 Å². The van der Waals surface area contributed by atoms with E-state index in [1.807, 2.05) is 0 Å². The summed E-state index contributed by atoms with van der Waals surface area (Å²) in [7, 11) is 0. The summed E-state index contributed by atoms with van der Waals surface area (Å²) in [5, 5.41) is 4.77. The molecule has 0 fully saturated rings. The van der Waals surface area contributed by atoms with Crippen LogP contribution in [0.2, 0.25) is 0 Å². The van der Waals surface area contributed by atoms with Crippen LogP contribution in [0.4, 0.5) is 4.79 Å². The van der Waals surface area contributed by atoms with Crippen molar-refractivity contribution in [1.29, 1.82) is 0 Å². The van der Waals surface area contributed by atoms with Gasteiger partial charge in [0.25, 0.3) is 0 Å². The first-order chi connectivity index (χ1) is 13.3. The lowest BCUT2D eigenvalue weighted by molar-refractivity contribution is -0.162. The predicted molar refractivity (Wildman–Crippen MR) is 110 cm³/mol. The zero-order chi connectivity index (χ0) is 23.9. The van der Waals surface area contributed by atoms with Gasteiger partial charge in [-0.1, -0.05) is 0 Å². The average Bonchev–Trinajstić information content (AvgIpc) is 2.45. The van der Waals surface area contributed by atoms with Crippen LogP contribution in [0.1, 0.15) is 68.7 Å². The van der Waals surface area contributed by atoms with E-state index < -0.39 is 59.2 Å². The maximum absolute atomic E-state index is 12.7. The molecule has 174 valence electrons. The second-order valence-electron chi connectivity index (χ2n) is 9.89. The molecule has 0 bridgehead atoms. The molecule has 0 aromatic rings. The second kappa shape index (κ2) is 10.6. The molecule has 0 saturated heterocycles. The van der Waals surface area contributed by atoms with Gasteiger partial charge in [-0.2, -0.15) is 0 Å². The fraction of sp³-hybridized carbons (Fsp3) is 0.800. The van der Waals surface area contributed by atoms with E-state index in [0.29, 0.717) is 0 Å². The number of esters is 1. The molecular weight excluding hydrogens is 394 g/mol. The zero-order valence-corrected chi connectivity index (χ0v) is 19.5. The molecule has 0 unspecified atom stereocenters. The number of ether oxygens (including phenoxy) is 3. The van der Waals surface area contributed by atoms with Gasteiger partial charge in [0.2, 0.25) is 11.8 Å². The molecule has 0 aromatic carbocycles. The first-order valence-corrected chi connectivity index (χ1v) is 9.74. The Morgan fingerprint density at radius 1 is 0.767 bits per heavy atom. The highest BCUT2D eigenvalue weighted by atomic mass is 16.6. The Balaban J connectivity index is 5.43. The van der Waals surface area contributed by atoms with Crippen molar-refractivity contribution in [2.75, 3.05) is 6.61 Å². The minimum atomic E-state index is -1.34. The number of nitrogens with one attached hydrogen (secondary N) is 2. The summed E-state index contributed by atoms with van der Waals surface area (Å²) in [5.41, 5.74) is 3.02. The number of amides is 3. The normalized spacial score (nSPS) is 14.3. The molecule has 0 spiro atoms. The van der Waals surface area contributed by atoms with Crippen LogP contribution in [0, 0.1) is 0 Å². The highest BCUT2D eigenvalue weighted by Crippen LogP contribution is 2.12. The predicted octanol–water partition coefficient (Wildman–Crippen LogP) is 1.40. The first kappa shape index (κ1) is 27.6. The van der Waals surface area contributed by atoms with Crippen molar-refractivity contribution in [3.63, 3.8) is 0 Å². The fourth-order valence-corrected chi connectivity index (χ4v) is 2.01. The second-order valence-corrected chi connectivity index (χ2v) is 9.89. The van der Waals surface area contributed by atoms with E-state index in [-0.39, 0.29) is 6.61 Å². The number of carbonyl (C=O) groups excluding carboxylic acids is 4. The summed E-state index contributed by atoms with van der Waals surface area (Å²) >= 11 is 0. The van der Waals surface area contributed by atoms with E-state index in [0.717, 1.165) is 0 Å². The van der Waals surface area contributed by atoms with E-state index in [4.69, 9.17) is 19.9 Å². The smallest absolute Gasteiger partial charge is 0.408 e. The van der Waals surface area contributed by atoms with Gasteiger partial charge in [0.15, 0.2) is 6.04 Å². The first-order valence-electron chi connectivity index (χ1n) is 9.74. The Kier molecular flexibility index (Phi) is 9.77. The van der Waals surface area contributed by atoms with Crippen LogP contribution < -0.4 is 16.4 Å². The van der Waals surface area contributed by atoms with Crippen LogP contribution in [-0.4, -0.2) is 59.4 Å². The number of rotatable bonds is 8. The third kappa shape index (κ3) is 13.8. The molecule has 0 aromatic heterocycles. The highest BCUT2D eigenvalue weighted by Gasteiger charge is 2.32. The molecule has 0 radical (unpaired) electrons. The van der Waals surface area contributed by atoms with Crippen LogP contribution in [0.25, 0.3) is 0 Å². The van der Waals surface area contributed by atoms with Crippen LogP contribution in [0.3, 0.4) is 0 Å². The number of nitrogens with two attached hydrogens (primary N) is 1. The number of hydrogen-bond acceptors (Lipinski definition) is 7. The zero-order valence-electron chi connectivity index (χ0n) is 19.5. The molecular formula is C20H37N3O7. The lowest BCUT2D eigenvalue weighted by Gasteiger charge is -2.28. The van der Waals surface area contributed by atoms with Crippen molar-refractivity contribution in [1.82, 2.24) is 10.6 Å². The van der Waals surface area contributed by atoms with Crippen molar-refractivity contribution in [2.24, 2.45) is 5.73 Å². The molecule has 10 nitrogen and oxygen atoms in total.